The summed E-state index contributed by atoms with van der Waals surface area (Å²) in [5.74, 6) is 0.395. The van der Waals surface area contributed by atoms with Crippen LogP contribution in [0.25, 0.3) is 11.1 Å². The van der Waals surface area contributed by atoms with Crippen LogP contribution in [0.15, 0.2) is 84.9 Å². The molecule has 0 atom stereocenters. The van der Waals surface area contributed by atoms with E-state index in [1.54, 1.807) is 48.5 Å². The van der Waals surface area contributed by atoms with Gasteiger partial charge in [-0.05, 0) is 36.4 Å². The van der Waals surface area contributed by atoms with Crippen molar-refractivity contribution in [1.82, 2.24) is 0 Å². The summed E-state index contributed by atoms with van der Waals surface area (Å²) in [5.41, 5.74) is 0.490. The Morgan fingerprint density at radius 2 is 0.972 bits per heavy atom. The zero-order chi connectivity index (χ0) is 25.7. The maximum absolute atomic E-state index is 11.5. The van der Waals surface area contributed by atoms with E-state index in [-0.39, 0.29) is 45.5 Å². The average molecular weight is 478 g/mol. The molecule has 0 heterocycles. The van der Waals surface area contributed by atoms with E-state index in [9.17, 15) is 20.2 Å². The first-order chi connectivity index (χ1) is 17.4. The van der Waals surface area contributed by atoms with Gasteiger partial charge in [-0.2, -0.15) is 10.5 Å². The van der Waals surface area contributed by atoms with Crippen LogP contribution in [0.3, 0.4) is 0 Å². The lowest BCUT2D eigenvalue weighted by Gasteiger charge is -2.15. The van der Waals surface area contributed by atoms with Gasteiger partial charge in [0.15, 0.2) is 0 Å². The van der Waals surface area contributed by atoms with Crippen molar-refractivity contribution in [3.63, 3.8) is 0 Å². The van der Waals surface area contributed by atoms with Crippen molar-refractivity contribution in [2.45, 2.75) is 0 Å². The van der Waals surface area contributed by atoms with Crippen molar-refractivity contribution in [3.05, 3.63) is 116 Å². The van der Waals surface area contributed by atoms with Crippen LogP contribution in [0.4, 0.5) is 11.4 Å². The highest BCUT2D eigenvalue weighted by Gasteiger charge is 2.21. The number of nitriles is 2. The molecule has 36 heavy (non-hydrogen) atoms. The lowest BCUT2D eigenvalue weighted by molar-refractivity contribution is -0.385. The number of rotatable bonds is 7. The molecular formula is C26H14N4O6. The van der Waals surface area contributed by atoms with E-state index >= 15 is 0 Å². The first-order valence-electron chi connectivity index (χ1n) is 10.3. The van der Waals surface area contributed by atoms with E-state index < -0.39 is 9.85 Å². The Kier molecular flexibility index (Phi) is 6.53. The van der Waals surface area contributed by atoms with Crippen molar-refractivity contribution < 1.29 is 19.3 Å². The van der Waals surface area contributed by atoms with Crippen LogP contribution in [0.1, 0.15) is 11.1 Å². The molecule has 174 valence electrons. The Balaban J connectivity index is 1.77. The zero-order valence-electron chi connectivity index (χ0n) is 18.3. The fourth-order valence-electron chi connectivity index (χ4n) is 3.43. The SMILES string of the molecule is N#Cc1ccc(Oc2ccccc2-c2ccccc2Oc2ccc(C#N)cc2[N+](=O)[O-])c([N+](=O)[O-])c1. The molecule has 0 aliphatic rings. The smallest absolute Gasteiger partial charge is 0.312 e. The molecule has 10 heteroatoms. The molecule has 0 aliphatic carbocycles. The Morgan fingerprint density at radius 1 is 0.583 bits per heavy atom. The Hall–Kier alpha value is -5.74. The fraction of sp³-hybridized carbons (Fsp3) is 0. The normalized spacial score (nSPS) is 10.1. The van der Waals surface area contributed by atoms with Crippen molar-refractivity contribution in [2.24, 2.45) is 0 Å². The summed E-state index contributed by atoms with van der Waals surface area (Å²) in [4.78, 5) is 21.8. The first kappa shape index (κ1) is 23.4. The minimum atomic E-state index is -0.639. The van der Waals surface area contributed by atoms with Gasteiger partial charge in [0.1, 0.15) is 11.5 Å². The van der Waals surface area contributed by atoms with E-state index in [2.05, 4.69) is 0 Å². The zero-order valence-corrected chi connectivity index (χ0v) is 18.3. The monoisotopic (exact) mass is 478 g/mol. The predicted molar refractivity (Wildman–Crippen MR) is 128 cm³/mol. The molecule has 0 saturated heterocycles. The highest BCUT2D eigenvalue weighted by molar-refractivity contribution is 5.77. The summed E-state index contributed by atoms with van der Waals surface area (Å²) in [6.07, 6.45) is 0. The van der Waals surface area contributed by atoms with Gasteiger partial charge < -0.3 is 9.47 Å². The second-order valence-corrected chi connectivity index (χ2v) is 7.30. The number of benzene rings is 4. The van der Waals surface area contributed by atoms with Gasteiger partial charge in [-0.15, -0.1) is 0 Å². The molecule has 0 bridgehead atoms. The molecule has 0 amide bonds. The number of ether oxygens (including phenoxy) is 2. The average Bonchev–Trinajstić information content (AvgIpc) is 2.89. The quantitative estimate of drug-likeness (QED) is 0.215. The standard InChI is InChI=1S/C26H14N4O6/c27-15-17-9-11-25(21(13-17)29(31)32)35-23-7-3-1-5-19(23)20-6-2-4-8-24(20)36-26-12-10-18(16-28)14-22(26)30(33)34/h1-14H. The Bertz CT molecular complexity index is 1470. The number of nitrogens with zero attached hydrogens (tertiary/aromatic N) is 4. The Labute approximate surface area is 204 Å². The molecule has 0 aromatic heterocycles. The van der Waals surface area contributed by atoms with Crippen LogP contribution in [-0.2, 0) is 0 Å². The van der Waals surface area contributed by atoms with Crippen molar-refractivity contribution in [1.29, 1.82) is 10.5 Å². The third kappa shape index (κ3) is 4.78. The first-order valence-corrected chi connectivity index (χ1v) is 10.3. The van der Waals surface area contributed by atoms with Crippen LogP contribution >= 0.6 is 0 Å². The van der Waals surface area contributed by atoms with Gasteiger partial charge in [-0.3, -0.25) is 20.2 Å². The largest absolute Gasteiger partial charge is 0.449 e. The number of hydrogen-bond acceptors (Lipinski definition) is 8. The van der Waals surface area contributed by atoms with E-state index in [4.69, 9.17) is 20.0 Å². The molecule has 0 unspecified atom stereocenters. The molecule has 0 radical (unpaired) electrons. The minimum absolute atomic E-state index is 0.0624. The second kappa shape index (κ2) is 10.0. The molecule has 0 aliphatic heterocycles. The van der Waals surface area contributed by atoms with Crippen LogP contribution < -0.4 is 9.47 Å². The summed E-state index contributed by atoms with van der Waals surface area (Å²) >= 11 is 0. The van der Waals surface area contributed by atoms with E-state index in [0.29, 0.717) is 11.1 Å². The molecule has 0 saturated carbocycles. The maximum Gasteiger partial charge on any atom is 0.312 e. The van der Waals surface area contributed by atoms with Gasteiger partial charge in [0.2, 0.25) is 11.5 Å². The van der Waals surface area contributed by atoms with Gasteiger partial charge in [0.05, 0.1) is 33.1 Å². The minimum Gasteiger partial charge on any atom is -0.449 e. The van der Waals surface area contributed by atoms with Gasteiger partial charge >= 0.3 is 11.4 Å². The van der Waals surface area contributed by atoms with Crippen molar-refractivity contribution >= 4 is 11.4 Å². The molecule has 0 fully saturated rings. The highest BCUT2D eigenvalue weighted by atomic mass is 16.6. The molecule has 10 nitrogen and oxygen atoms in total. The third-order valence-corrected chi connectivity index (χ3v) is 5.07. The molecule has 0 N–H and O–H groups in total. The summed E-state index contributed by atoms with van der Waals surface area (Å²) in [6.45, 7) is 0. The molecule has 4 rings (SSSR count). The van der Waals surface area contributed by atoms with E-state index in [1.807, 2.05) is 12.1 Å². The van der Waals surface area contributed by atoms with Crippen molar-refractivity contribution in [2.75, 3.05) is 0 Å². The number of nitro benzene ring substituents is 2. The van der Waals surface area contributed by atoms with Crippen molar-refractivity contribution in [3.8, 4) is 46.3 Å². The van der Waals surface area contributed by atoms with Crippen LogP contribution in [0.2, 0.25) is 0 Å². The summed E-state index contributed by atoms with van der Waals surface area (Å²) in [6, 6.07) is 24.9. The number of nitro groups is 2. The summed E-state index contributed by atoms with van der Waals surface area (Å²) < 4.78 is 11.8. The molecule has 0 spiro atoms. The summed E-state index contributed by atoms with van der Waals surface area (Å²) in [7, 11) is 0. The van der Waals surface area contributed by atoms with E-state index in [1.165, 1.54) is 24.3 Å². The van der Waals surface area contributed by atoms with Crippen LogP contribution in [0, 0.1) is 42.9 Å². The van der Waals surface area contributed by atoms with Gasteiger partial charge in [-0.1, -0.05) is 36.4 Å². The van der Waals surface area contributed by atoms with Gasteiger partial charge in [0.25, 0.3) is 0 Å². The topological polar surface area (TPSA) is 152 Å². The predicted octanol–water partition coefficient (Wildman–Crippen LogP) is 6.50. The van der Waals surface area contributed by atoms with Gasteiger partial charge in [0, 0.05) is 23.3 Å². The third-order valence-electron chi connectivity index (χ3n) is 5.07. The second-order valence-electron chi connectivity index (χ2n) is 7.30. The lowest BCUT2D eigenvalue weighted by Crippen LogP contribution is -1.97. The van der Waals surface area contributed by atoms with E-state index in [0.717, 1.165) is 12.1 Å². The number of hydrogen-bond donors (Lipinski definition) is 0. The maximum atomic E-state index is 11.5. The summed E-state index contributed by atoms with van der Waals surface area (Å²) in [5, 5.41) is 41.2. The number of para-hydroxylation sites is 2. The molecular weight excluding hydrogens is 464 g/mol. The highest BCUT2D eigenvalue weighted by Crippen LogP contribution is 2.42. The van der Waals surface area contributed by atoms with Gasteiger partial charge in [-0.25, -0.2) is 0 Å². The molecule has 4 aromatic carbocycles. The Morgan fingerprint density at radius 3 is 1.33 bits per heavy atom. The lowest BCUT2D eigenvalue weighted by atomic mass is 10.0. The fourth-order valence-corrected chi connectivity index (χ4v) is 3.43. The molecule has 4 aromatic rings. The van der Waals surface area contributed by atoms with Crippen LogP contribution in [0.5, 0.6) is 23.0 Å². The van der Waals surface area contributed by atoms with Crippen LogP contribution in [-0.4, -0.2) is 9.85 Å².